The van der Waals surface area contributed by atoms with Crippen molar-refractivity contribution in [3.63, 3.8) is 0 Å². The molecule has 2 aromatic rings. The average molecular weight is 665 g/mol. The van der Waals surface area contributed by atoms with E-state index in [1.807, 2.05) is 81.4 Å². The monoisotopic (exact) mass is 664 g/mol. The molecule has 2 N–H and O–H groups in total. The largest absolute Gasteiger partial charge is 0.443 e. The van der Waals surface area contributed by atoms with Gasteiger partial charge in [-0.1, -0.05) is 114 Å². The fourth-order valence-corrected chi connectivity index (χ4v) is 5.75. The minimum atomic E-state index is -1.07. The van der Waals surface area contributed by atoms with Gasteiger partial charge in [0.05, 0.1) is 12.6 Å². The van der Waals surface area contributed by atoms with Gasteiger partial charge < -0.3 is 10.1 Å². The van der Waals surface area contributed by atoms with Crippen molar-refractivity contribution in [1.82, 2.24) is 20.8 Å². The van der Waals surface area contributed by atoms with Gasteiger partial charge in [-0.2, -0.15) is 0 Å². The van der Waals surface area contributed by atoms with Crippen LogP contribution < -0.4 is 10.8 Å². The first-order chi connectivity index (χ1) is 23.2. The van der Waals surface area contributed by atoms with E-state index in [1.54, 1.807) is 6.92 Å². The van der Waals surface area contributed by atoms with E-state index in [1.165, 1.54) is 10.0 Å². The molecule has 0 spiro atoms. The van der Waals surface area contributed by atoms with Crippen molar-refractivity contribution in [2.45, 2.75) is 111 Å². The molecule has 0 aliphatic carbocycles. The molecule has 11 heteroatoms. The van der Waals surface area contributed by atoms with Crippen LogP contribution in [0.2, 0.25) is 0 Å². The molecule has 1 aliphatic rings. The van der Waals surface area contributed by atoms with E-state index in [2.05, 4.69) is 10.8 Å². The Bertz CT molecular complexity index is 1320. The van der Waals surface area contributed by atoms with Gasteiger partial charge >= 0.3 is 6.09 Å². The number of hydrogen-bond donors (Lipinski definition) is 2. The number of rotatable bonds is 18. The molecule has 0 unspecified atom stereocenters. The molecule has 1 aliphatic heterocycles. The van der Waals surface area contributed by atoms with Gasteiger partial charge in [-0.15, -0.1) is 0 Å². The van der Waals surface area contributed by atoms with Crippen LogP contribution in [0.5, 0.6) is 0 Å². The summed E-state index contributed by atoms with van der Waals surface area (Å²) in [6.45, 7) is 7.93. The van der Waals surface area contributed by atoms with Gasteiger partial charge in [-0.25, -0.2) is 20.3 Å². The van der Waals surface area contributed by atoms with E-state index < -0.39 is 41.8 Å². The lowest BCUT2D eigenvalue weighted by atomic mass is 9.92. The predicted octanol–water partition coefficient (Wildman–Crippen LogP) is 5.88. The zero-order chi connectivity index (χ0) is 34.9. The number of ketones is 1. The van der Waals surface area contributed by atoms with Gasteiger partial charge in [-0.05, 0) is 36.3 Å². The Labute approximate surface area is 284 Å². The van der Waals surface area contributed by atoms with Crippen LogP contribution >= 0.6 is 0 Å². The van der Waals surface area contributed by atoms with Crippen LogP contribution in [0, 0.1) is 11.8 Å². The Balaban J connectivity index is 1.87. The summed E-state index contributed by atoms with van der Waals surface area (Å²) >= 11 is 0. The minimum absolute atomic E-state index is 0.0166. The van der Waals surface area contributed by atoms with Crippen LogP contribution in [0.4, 0.5) is 4.79 Å². The summed E-state index contributed by atoms with van der Waals surface area (Å²) < 4.78 is 5.63. The lowest BCUT2D eigenvalue weighted by Gasteiger charge is -2.44. The molecule has 262 valence electrons. The summed E-state index contributed by atoms with van der Waals surface area (Å²) in [5, 5.41) is 5.28. The van der Waals surface area contributed by atoms with Gasteiger partial charge in [0.2, 0.25) is 17.7 Å². The summed E-state index contributed by atoms with van der Waals surface area (Å²) in [5.41, 5.74) is 4.09. The van der Waals surface area contributed by atoms with Crippen molar-refractivity contribution in [2.24, 2.45) is 11.8 Å². The molecule has 1 fully saturated rings. The van der Waals surface area contributed by atoms with Crippen molar-refractivity contribution in [3.8, 4) is 0 Å². The molecule has 1 saturated heterocycles. The second kappa shape index (κ2) is 20.2. The predicted molar refractivity (Wildman–Crippen MR) is 182 cm³/mol. The van der Waals surface area contributed by atoms with E-state index >= 15 is 0 Å². The van der Waals surface area contributed by atoms with Crippen molar-refractivity contribution in [1.29, 1.82) is 0 Å². The standard InChI is InChI=1S/C37H52N4O7/c1-5-8-11-21-30(24-33(43)39-48-26-29-19-14-10-15-20-29)36(45)41-31(35(44)38-34(27(4)6-2)32(42)7-3)22-16-23-40(41)37(46)47-25-28-17-12-9-13-18-28/h9-10,12-15,17-20,27,30-31,34H,5-8,11,16,21-26H2,1-4H3,(H,38,44)(H,39,43)/t27-,30-,31+,34-/m0/s1. The summed E-state index contributed by atoms with van der Waals surface area (Å²) in [5.74, 6) is -2.58. The smallest absolute Gasteiger partial charge is 0.429 e. The zero-order valence-electron chi connectivity index (χ0n) is 28.8. The molecule has 0 saturated carbocycles. The number of Topliss-reactive ketones (excluding diaryl/α,β-unsaturated/α-hetero) is 1. The normalized spacial score (nSPS) is 16.4. The molecule has 4 atom stereocenters. The molecule has 2 aromatic carbocycles. The number of amides is 4. The van der Waals surface area contributed by atoms with Gasteiger partial charge in [0.25, 0.3) is 0 Å². The topological polar surface area (TPSA) is 134 Å². The molecule has 0 aromatic heterocycles. The highest BCUT2D eigenvalue weighted by atomic mass is 16.6. The average Bonchev–Trinajstić information content (AvgIpc) is 3.12. The third-order valence-electron chi connectivity index (χ3n) is 8.76. The summed E-state index contributed by atoms with van der Waals surface area (Å²) in [6, 6.07) is 16.7. The quantitative estimate of drug-likeness (QED) is 0.150. The lowest BCUT2D eigenvalue weighted by Crippen LogP contribution is -2.64. The molecule has 0 radical (unpaired) electrons. The summed E-state index contributed by atoms with van der Waals surface area (Å²) in [7, 11) is 0. The molecular weight excluding hydrogens is 612 g/mol. The maximum absolute atomic E-state index is 14.5. The Morgan fingerprint density at radius 3 is 2.15 bits per heavy atom. The molecule has 0 bridgehead atoms. The first kappa shape index (κ1) is 38.2. The van der Waals surface area contributed by atoms with Gasteiger partial charge in [0.1, 0.15) is 12.6 Å². The minimum Gasteiger partial charge on any atom is -0.443 e. The van der Waals surface area contributed by atoms with Crippen LogP contribution in [-0.2, 0) is 42.0 Å². The SMILES string of the molecule is CCCCC[C@@H](CC(=O)NOCc1ccccc1)C(=O)N1[C@@H](C(=O)N[C@H](C(=O)CC)[C@@H](C)CC)CCCN1C(=O)OCc1ccccc1. The van der Waals surface area contributed by atoms with E-state index in [4.69, 9.17) is 9.57 Å². The van der Waals surface area contributed by atoms with Gasteiger partial charge in [0, 0.05) is 25.3 Å². The Morgan fingerprint density at radius 2 is 1.54 bits per heavy atom. The highest BCUT2D eigenvalue weighted by molar-refractivity contribution is 5.94. The second-order valence-electron chi connectivity index (χ2n) is 12.4. The summed E-state index contributed by atoms with van der Waals surface area (Å²) in [6.07, 6.45) is 3.48. The molecule has 11 nitrogen and oxygen atoms in total. The summed E-state index contributed by atoms with van der Waals surface area (Å²) in [4.78, 5) is 73.4. The third kappa shape index (κ3) is 11.5. The molecule has 1 heterocycles. The molecular formula is C37H52N4O7. The fourth-order valence-electron chi connectivity index (χ4n) is 5.75. The first-order valence-corrected chi connectivity index (χ1v) is 17.3. The second-order valence-corrected chi connectivity index (χ2v) is 12.4. The van der Waals surface area contributed by atoms with Crippen molar-refractivity contribution in [2.75, 3.05) is 6.54 Å². The number of nitrogens with one attached hydrogen (secondary N) is 2. The van der Waals surface area contributed by atoms with Crippen molar-refractivity contribution >= 4 is 29.6 Å². The van der Waals surface area contributed by atoms with Crippen LogP contribution in [0.15, 0.2) is 60.7 Å². The number of unbranched alkanes of at least 4 members (excludes halogenated alkanes) is 2. The Hall–Kier alpha value is -4.25. The van der Waals surface area contributed by atoms with E-state index in [0.29, 0.717) is 25.7 Å². The number of nitrogens with zero attached hydrogens (tertiary/aromatic N) is 2. The van der Waals surface area contributed by atoms with Crippen molar-refractivity contribution < 1.29 is 33.5 Å². The number of benzene rings is 2. The lowest BCUT2D eigenvalue weighted by molar-refractivity contribution is -0.169. The van der Waals surface area contributed by atoms with Crippen LogP contribution in [0.1, 0.15) is 96.6 Å². The van der Waals surface area contributed by atoms with Gasteiger partial charge in [0.15, 0.2) is 5.78 Å². The third-order valence-corrected chi connectivity index (χ3v) is 8.76. The van der Waals surface area contributed by atoms with E-state index in [0.717, 1.165) is 24.0 Å². The molecule has 48 heavy (non-hydrogen) atoms. The maximum atomic E-state index is 14.5. The van der Waals surface area contributed by atoms with Crippen molar-refractivity contribution in [3.05, 3.63) is 71.8 Å². The molecule has 4 amide bonds. The Kier molecular flexibility index (Phi) is 16.1. The van der Waals surface area contributed by atoms with Gasteiger partial charge in [-0.3, -0.25) is 24.0 Å². The van der Waals surface area contributed by atoms with Crippen LogP contribution in [-0.4, -0.2) is 58.2 Å². The Morgan fingerprint density at radius 1 is 0.896 bits per heavy atom. The number of hydrogen-bond acceptors (Lipinski definition) is 7. The highest BCUT2D eigenvalue weighted by Crippen LogP contribution is 2.27. The zero-order valence-corrected chi connectivity index (χ0v) is 28.8. The number of carbonyl (C=O) groups excluding carboxylic acids is 5. The number of ether oxygens (including phenoxy) is 1. The fraction of sp³-hybridized carbons (Fsp3) is 0.541. The number of hydrazine groups is 1. The van der Waals surface area contributed by atoms with Crippen LogP contribution in [0.3, 0.4) is 0 Å². The highest BCUT2D eigenvalue weighted by Gasteiger charge is 2.44. The number of hydroxylamine groups is 1. The maximum Gasteiger partial charge on any atom is 0.429 e. The number of carbonyl (C=O) groups is 5. The van der Waals surface area contributed by atoms with E-state index in [9.17, 15) is 24.0 Å². The van der Waals surface area contributed by atoms with E-state index in [-0.39, 0.29) is 50.7 Å². The van der Waals surface area contributed by atoms with Crippen LogP contribution in [0.25, 0.3) is 0 Å². The molecule has 3 rings (SSSR count). The first-order valence-electron chi connectivity index (χ1n) is 17.3.